The number of hydrogen-bond acceptors (Lipinski definition) is 5. The van der Waals surface area contributed by atoms with E-state index in [-0.39, 0.29) is 18.3 Å². The molecule has 2 N–H and O–H groups in total. The predicted octanol–water partition coefficient (Wildman–Crippen LogP) is 3.70. The van der Waals surface area contributed by atoms with Crippen LogP contribution in [-0.2, 0) is 4.79 Å². The molecule has 0 radical (unpaired) electrons. The minimum absolute atomic E-state index is 0.0560. The van der Waals surface area contributed by atoms with Crippen LogP contribution in [0.3, 0.4) is 0 Å². The highest BCUT2D eigenvalue weighted by Crippen LogP contribution is 2.30. The van der Waals surface area contributed by atoms with Gasteiger partial charge in [-0.25, -0.2) is 5.43 Å². The topological polar surface area (TPSA) is 80.2 Å². The summed E-state index contributed by atoms with van der Waals surface area (Å²) in [6, 6.07) is 8.72. The number of rotatable bonds is 7. The van der Waals surface area contributed by atoms with Crippen molar-refractivity contribution < 1.29 is 19.4 Å². The number of phenols is 1. The highest BCUT2D eigenvalue weighted by molar-refractivity contribution is 9.10. The maximum Gasteiger partial charge on any atom is 0.277 e. The van der Waals surface area contributed by atoms with Crippen LogP contribution >= 0.6 is 15.9 Å². The number of benzene rings is 2. The first-order valence-corrected chi connectivity index (χ1v) is 8.87. The lowest BCUT2D eigenvalue weighted by Gasteiger charge is -2.11. The Hall–Kier alpha value is -2.54. The Morgan fingerprint density at radius 3 is 2.73 bits per heavy atom. The molecule has 0 atom stereocenters. The molecule has 0 aliphatic rings. The number of phenolic OH excluding ortho intramolecular Hbond substituents is 1. The number of nitrogens with one attached hydrogen (secondary N) is 1. The van der Waals surface area contributed by atoms with Gasteiger partial charge in [0.15, 0.2) is 18.1 Å². The first-order valence-electron chi connectivity index (χ1n) is 8.08. The fraction of sp³-hybridized carbons (Fsp3) is 0.263. The third-order valence-electron chi connectivity index (χ3n) is 3.41. The van der Waals surface area contributed by atoms with E-state index in [1.54, 1.807) is 12.1 Å². The summed E-state index contributed by atoms with van der Waals surface area (Å²) < 4.78 is 11.7. The molecule has 6 nitrogen and oxygen atoms in total. The number of aromatic hydroxyl groups is 1. The summed E-state index contributed by atoms with van der Waals surface area (Å²) >= 11 is 3.44. The molecule has 2 aromatic carbocycles. The maximum absolute atomic E-state index is 11.9. The van der Waals surface area contributed by atoms with E-state index in [0.717, 1.165) is 15.6 Å². The standard InChI is InChI=1S/C19H21BrN2O4/c1-4-25-17-9-14(5-6-16(17)23)10-21-22-18(24)11-26-19-13(3)7-12(2)8-15(19)20/h5-10,23H,4,11H2,1-3H3,(H,22,24). The van der Waals surface area contributed by atoms with Crippen molar-refractivity contribution in [1.82, 2.24) is 5.43 Å². The molecule has 2 rings (SSSR count). The molecule has 0 aromatic heterocycles. The molecule has 138 valence electrons. The minimum Gasteiger partial charge on any atom is -0.504 e. The van der Waals surface area contributed by atoms with Crippen molar-refractivity contribution in [3.8, 4) is 17.2 Å². The van der Waals surface area contributed by atoms with Gasteiger partial charge in [0.2, 0.25) is 0 Å². The molecule has 0 unspecified atom stereocenters. The Balaban J connectivity index is 1.91. The van der Waals surface area contributed by atoms with E-state index in [1.165, 1.54) is 12.3 Å². The predicted molar refractivity (Wildman–Crippen MR) is 104 cm³/mol. The Bertz CT molecular complexity index is 798. The average Bonchev–Trinajstić information content (AvgIpc) is 2.57. The van der Waals surface area contributed by atoms with Gasteiger partial charge in [-0.15, -0.1) is 0 Å². The first-order chi connectivity index (χ1) is 12.4. The Morgan fingerprint density at radius 1 is 1.27 bits per heavy atom. The lowest BCUT2D eigenvalue weighted by molar-refractivity contribution is -0.123. The summed E-state index contributed by atoms with van der Waals surface area (Å²) in [6.45, 7) is 6.03. The molecule has 0 aliphatic carbocycles. The highest BCUT2D eigenvalue weighted by Gasteiger charge is 2.09. The summed E-state index contributed by atoms with van der Waals surface area (Å²) in [5.41, 5.74) is 5.14. The van der Waals surface area contributed by atoms with Gasteiger partial charge >= 0.3 is 0 Å². The van der Waals surface area contributed by atoms with Gasteiger partial charge in [0, 0.05) is 0 Å². The van der Waals surface area contributed by atoms with Gasteiger partial charge < -0.3 is 14.6 Å². The second-order valence-corrected chi connectivity index (χ2v) is 6.49. The summed E-state index contributed by atoms with van der Waals surface area (Å²) in [5.74, 6) is 0.679. The fourth-order valence-electron chi connectivity index (χ4n) is 2.32. The van der Waals surface area contributed by atoms with Crippen LogP contribution in [0.4, 0.5) is 0 Å². The van der Waals surface area contributed by atoms with Gasteiger partial charge in [0.1, 0.15) is 5.75 Å². The number of hydrogen-bond donors (Lipinski definition) is 2. The lowest BCUT2D eigenvalue weighted by atomic mass is 10.1. The molecule has 0 bridgehead atoms. The van der Waals surface area contributed by atoms with Crippen molar-refractivity contribution in [1.29, 1.82) is 0 Å². The van der Waals surface area contributed by atoms with E-state index in [4.69, 9.17) is 9.47 Å². The van der Waals surface area contributed by atoms with Crippen LogP contribution in [0, 0.1) is 13.8 Å². The number of ether oxygens (including phenoxy) is 2. The smallest absolute Gasteiger partial charge is 0.277 e. The number of halogens is 1. The largest absolute Gasteiger partial charge is 0.504 e. The monoisotopic (exact) mass is 420 g/mol. The van der Waals surface area contributed by atoms with E-state index in [0.29, 0.717) is 23.7 Å². The van der Waals surface area contributed by atoms with E-state index >= 15 is 0 Å². The molecule has 0 aliphatic heterocycles. The molecule has 0 fully saturated rings. The van der Waals surface area contributed by atoms with Crippen LogP contribution in [0.1, 0.15) is 23.6 Å². The minimum atomic E-state index is -0.378. The van der Waals surface area contributed by atoms with Gasteiger partial charge in [-0.3, -0.25) is 4.79 Å². The number of carbonyl (C=O) groups is 1. The van der Waals surface area contributed by atoms with Gasteiger partial charge in [0.05, 0.1) is 17.3 Å². The zero-order valence-corrected chi connectivity index (χ0v) is 16.5. The number of aryl methyl sites for hydroxylation is 2. The summed E-state index contributed by atoms with van der Waals surface area (Å²) in [7, 11) is 0. The van der Waals surface area contributed by atoms with Crippen LogP contribution in [0.15, 0.2) is 39.9 Å². The SMILES string of the molecule is CCOc1cc(C=NNC(=O)COc2c(C)cc(C)cc2Br)ccc1O. The van der Waals surface area contributed by atoms with Crippen molar-refractivity contribution in [2.45, 2.75) is 20.8 Å². The van der Waals surface area contributed by atoms with Crippen LogP contribution < -0.4 is 14.9 Å². The number of carbonyl (C=O) groups excluding carboxylic acids is 1. The molecule has 2 aromatic rings. The lowest BCUT2D eigenvalue weighted by Crippen LogP contribution is -2.24. The summed E-state index contributed by atoms with van der Waals surface area (Å²) in [4.78, 5) is 11.9. The van der Waals surface area contributed by atoms with Crippen molar-refractivity contribution in [2.75, 3.05) is 13.2 Å². The van der Waals surface area contributed by atoms with Gasteiger partial charge in [0.25, 0.3) is 5.91 Å². The second-order valence-electron chi connectivity index (χ2n) is 5.63. The quantitative estimate of drug-likeness (QED) is 0.528. The first kappa shape index (κ1) is 19.8. The van der Waals surface area contributed by atoms with E-state index in [9.17, 15) is 9.90 Å². The third-order valence-corrected chi connectivity index (χ3v) is 4.00. The van der Waals surface area contributed by atoms with E-state index in [2.05, 4.69) is 26.5 Å². The molecule has 0 saturated carbocycles. The number of nitrogens with zero attached hydrogens (tertiary/aromatic N) is 1. The molecular weight excluding hydrogens is 400 g/mol. The normalized spacial score (nSPS) is 10.8. The van der Waals surface area contributed by atoms with Crippen molar-refractivity contribution in [3.05, 3.63) is 51.5 Å². The Morgan fingerprint density at radius 2 is 2.04 bits per heavy atom. The van der Waals surface area contributed by atoms with Gasteiger partial charge in [-0.2, -0.15) is 5.10 Å². The zero-order valence-electron chi connectivity index (χ0n) is 14.9. The average molecular weight is 421 g/mol. The number of amides is 1. The summed E-state index contributed by atoms with van der Waals surface area (Å²) in [6.07, 6.45) is 1.47. The molecule has 0 heterocycles. The number of hydrazone groups is 1. The third kappa shape index (κ3) is 5.49. The maximum atomic E-state index is 11.9. The molecular formula is C19H21BrN2O4. The Kier molecular flexibility index (Phi) is 7.03. The highest BCUT2D eigenvalue weighted by atomic mass is 79.9. The molecule has 1 amide bonds. The van der Waals surface area contributed by atoms with Crippen molar-refractivity contribution in [2.24, 2.45) is 5.10 Å². The molecule has 0 spiro atoms. The van der Waals surface area contributed by atoms with Gasteiger partial charge in [-0.05, 0) is 77.7 Å². The van der Waals surface area contributed by atoms with E-state index in [1.807, 2.05) is 32.9 Å². The van der Waals surface area contributed by atoms with Crippen LogP contribution in [0.5, 0.6) is 17.2 Å². The van der Waals surface area contributed by atoms with Crippen LogP contribution in [0.2, 0.25) is 0 Å². The van der Waals surface area contributed by atoms with Crippen LogP contribution in [0.25, 0.3) is 0 Å². The summed E-state index contributed by atoms with van der Waals surface area (Å²) in [5, 5.41) is 13.6. The molecule has 0 saturated heterocycles. The van der Waals surface area contributed by atoms with E-state index < -0.39 is 0 Å². The molecule has 7 heteroatoms. The Labute approximate surface area is 161 Å². The van der Waals surface area contributed by atoms with Crippen LogP contribution in [-0.4, -0.2) is 30.4 Å². The molecule has 26 heavy (non-hydrogen) atoms. The van der Waals surface area contributed by atoms with Crippen molar-refractivity contribution in [3.63, 3.8) is 0 Å². The fourth-order valence-corrected chi connectivity index (χ4v) is 3.10. The van der Waals surface area contributed by atoms with Crippen molar-refractivity contribution >= 4 is 28.1 Å². The second kappa shape index (κ2) is 9.24. The zero-order chi connectivity index (χ0) is 19.1. The van der Waals surface area contributed by atoms with Gasteiger partial charge in [-0.1, -0.05) is 6.07 Å².